The third kappa shape index (κ3) is 3.00. The van der Waals surface area contributed by atoms with Crippen LogP contribution in [0.25, 0.3) is 0 Å². The van der Waals surface area contributed by atoms with Crippen molar-refractivity contribution >= 4 is 0 Å². The molecule has 0 unspecified atom stereocenters. The van der Waals surface area contributed by atoms with Crippen LogP contribution in [0.2, 0.25) is 0 Å². The molecule has 1 N–H and O–H groups in total. The number of benzene rings is 1. The molecular weight excluding hydrogens is 183 g/mol. The van der Waals surface area contributed by atoms with Crippen LogP contribution < -0.4 is 4.74 Å². The molecule has 0 atom stereocenters. The molecule has 0 radical (unpaired) electrons. The third-order valence-electron chi connectivity index (χ3n) is 1.77. The quantitative estimate of drug-likeness (QED) is 0.804. The van der Waals surface area contributed by atoms with Crippen LogP contribution in [0.4, 0.5) is 4.39 Å². The lowest BCUT2D eigenvalue weighted by molar-refractivity contribution is 0.262. The Morgan fingerprint density at radius 2 is 2.14 bits per heavy atom. The van der Waals surface area contributed by atoms with E-state index in [1.807, 2.05) is 13.8 Å². The van der Waals surface area contributed by atoms with Crippen LogP contribution in [0.15, 0.2) is 18.2 Å². The van der Waals surface area contributed by atoms with Gasteiger partial charge in [-0.3, -0.25) is 0 Å². The Hall–Kier alpha value is -1.09. The van der Waals surface area contributed by atoms with Crippen molar-refractivity contribution in [3.63, 3.8) is 0 Å². The summed E-state index contributed by atoms with van der Waals surface area (Å²) in [5.74, 6) is 0.631. The van der Waals surface area contributed by atoms with Gasteiger partial charge < -0.3 is 9.84 Å². The van der Waals surface area contributed by atoms with Gasteiger partial charge in [-0.1, -0.05) is 13.8 Å². The van der Waals surface area contributed by atoms with Crippen molar-refractivity contribution in [2.24, 2.45) is 5.92 Å². The maximum absolute atomic E-state index is 13.0. The molecule has 1 aromatic rings. The van der Waals surface area contributed by atoms with E-state index in [9.17, 15) is 4.39 Å². The highest BCUT2D eigenvalue weighted by Gasteiger charge is 2.03. The molecule has 1 rings (SSSR count). The fourth-order valence-corrected chi connectivity index (χ4v) is 1.02. The molecule has 0 aromatic heterocycles. The largest absolute Gasteiger partial charge is 0.493 e. The van der Waals surface area contributed by atoms with Crippen molar-refractivity contribution in [3.8, 4) is 5.75 Å². The molecule has 0 heterocycles. The van der Waals surface area contributed by atoms with Gasteiger partial charge in [0.1, 0.15) is 11.6 Å². The van der Waals surface area contributed by atoms with E-state index in [4.69, 9.17) is 9.84 Å². The Morgan fingerprint density at radius 1 is 1.43 bits per heavy atom. The number of aliphatic hydroxyl groups excluding tert-OH is 1. The first-order valence-electron chi connectivity index (χ1n) is 4.65. The first kappa shape index (κ1) is 11.0. The Balaban J connectivity index is 2.69. The van der Waals surface area contributed by atoms with Crippen LogP contribution in [0, 0.1) is 11.7 Å². The lowest BCUT2D eigenvalue weighted by Gasteiger charge is -2.09. The van der Waals surface area contributed by atoms with Gasteiger partial charge in [-0.25, -0.2) is 4.39 Å². The zero-order valence-electron chi connectivity index (χ0n) is 8.46. The summed E-state index contributed by atoms with van der Waals surface area (Å²) >= 11 is 0. The number of rotatable bonds is 4. The van der Waals surface area contributed by atoms with Crippen molar-refractivity contribution in [1.29, 1.82) is 0 Å². The second-order valence-corrected chi connectivity index (χ2v) is 3.62. The first-order chi connectivity index (χ1) is 6.63. The van der Waals surface area contributed by atoms with E-state index in [0.717, 1.165) is 0 Å². The Kier molecular flexibility index (Phi) is 3.89. The van der Waals surface area contributed by atoms with Gasteiger partial charge in [0.25, 0.3) is 0 Å². The molecule has 0 aliphatic rings. The maximum Gasteiger partial charge on any atom is 0.128 e. The lowest BCUT2D eigenvalue weighted by atomic mass is 10.2. The standard InChI is InChI=1S/C11H15FO2/c1-8(2)7-14-10-3-4-11(12)9(5-10)6-13/h3-5,8,13H,6-7H2,1-2H3. The smallest absolute Gasteiger partial charge is 0.128 e. The van der Waals surface area contributed by atoms with Gasteiger partial charge in [-0.15, -0.1) is 0 Å². The van der Waals surface area contributed by atoms with E-state index in [1.54, 1.807) is 6.07 Å². The minimum absolute atomic E-state index is 0.270. The monoisotopic (exact) mass is 198 g/mol. The zero-order valence-corrected chi connectivity index (χ0v) is 8.46. The average molecular weight is 198 g/mol. The van der Waals surface area contributed by atoms with E-state index in [-0.39, 0.29) is 12.2 Å². The van der Waals surface area contributed by atoms with Crippen molar-refractivity contribution < 1.29 is 14.2 Å². The zero-order chi connectivity index (χ0) is 10.6. The van der Waals surface area contributed by atoms with Gasteiger partial charge in [-0.05, 0) is 24.1 Å². The van der Waals surface area contributed by atoms with E-state index in [2.05, 4.69) is 0 Å². The highest BCUT2D eigenvalue weighted by atomic mass is 19.1. The van der Waals surface area contributed by atoms with Crippen molar-refractivity contribution in [2.75, 3.05) is 6.61 Å². The van der Waals surface area contributed by atoms with Crippen LogP contribution in [0.1, 0.15) is 19.4 Å². The molecule has 0 aliphatic carbocycles. The summed E-state index contributed by atoms with van der Waals surface area (Å²) in [7, 11) is 0. The summed E-state index contributed by atoms with van der Waals surface area (Å²) in [6.45, 7) is 4.37. The second kappa shape index (κ2) is 4.96. The number of hydrogen-bond acceptors (Lipinski definition) is 2. The molecule has 3 heteroatoms. The molecule has 14 heavy (non-hydrogen) atoms. The van der Waals surface area contributed by atoms with Gasteiger partial charge in [0.15, 0.2) is 0 Å². The molecule has 0 bridgehead atoms. The maximum atomic E-state index is 13.0. The minimum Gasteiger partial charge on any atom is -0.493 e. The average Bonchev–Trinajstić information content (AvgIpc) is 2.16. The highest BCUT2D eigenvalue weighted by Crippen LogP contribution is 2.17. The highest BCUT2D eigenvalue weighted by molar-refractivity contribution is 5.29. The molecule has 0 amide bonds. The van der Waals surface area contributed by atoms with Gasteiger partial charge in [0.2, 0.25) is 0 Å². The van der Waals surface area contributed by atoms with Crippen LogP contribution in [0.3, 0.4) is 0 Å². The molecule has 0 saturated carbocycles. The molecule has 0 saturated heterocycles. The van der Waals surface area contributed by atoms with Crippen molar-refractivity contribution in [3.05, 3.63) is 29.6 Å². The fraction of sp³-hybridized carbons (Fsp3) is 0.455. The van der Waals surface area contributed by atoms with E-state index >= 15 is 0 Å². The number of ether oxygens (including phenoxy) is 1. The minimum atomic E-state index is -0.399. The molecule has 0 aliphatic heterocycles. The summed E-state index contributed by atoms with van der Waals surface area (Å²) in [5.41, 5.74) is 0.270. The topological polar surface area (TPSA) is 29.5 Å². The van der Waals surface area contributed by atoms with Gasteiger partial charge >= 0.3 is 0 Å². The predicted octanol–water partition coefficient (Wildman–Crippen LogP) is 2.35. The van der Waals surface area contributed by atoms with E-state index in [1.165, 1.54) is 12.1 Å². The number of aliphatic hydroxyl groups is 1. The molecule has 1 aromatic carbocycles. The van der Waals surface area contributed by atoms with Crippen LogP contribution in [-0.2, 0) is 6.61 Å². The van der Waals surface area contributed by atoms with Crippen LogP contribution in [-0.4, -0.2) is 11.7 Å². The molecule has 2 nitrogen and oxygen atoms in total. The Morgan fingerprint density at radius 3 is 2.71 bits per heavy atom. The molecule has 0 fully saturated rings. The summed E-state index contributed by atoms with van der Waals surface area (Å²) < 4.78 is 18.3. The van der Waals surface area contributed by atoms with Crippen molar-refractivity contribution in [1.82, 2.24) is 0 Å². The predicted molar refractivity (Wildman–Crippen MR) is 52.7 cm³/mol. The molecular formula is C11H15FO2. The van der Waals surface area contributed by atoms with Gasteiger partial charge in [0, 0.05) is 5.56 Å². The van der Waals surface area contributed by atoms with E-state index in [0.29, 0.717) is 18.3 Å². The van der Waals surface area contributed by atoms with Gasteiger partial charge in [0.05, 0.1) is 13.2 Å². The second-order valence-electron chi connectivity index (χ2n) is 3.62. The number of hydrogen-bond donors (Lipinski definition) is 1. The SMILES string of the molecule is CC(C)COc1ccc(F)c(CO)c1. The number of halogens is 1. The summed E-state index contributed by atoms with van der Waals surface area (Å²) in [6.07, 6.45) is 0. The fourth-order valence-electron chi connectivity index (χ4n) is 1.02. The van der Waals surface area contributed by atoms with Crippen molar-refractivity contribution in [2.45, 2.75) is 20.5 Å². The Bertz CT molecular complexity index is 297. The normalized spacial score (nSPS) is 10.6. The third-order valence-corrected chi connectivity index (χ3v) is 1.77. The van der Waals surface area contributed by atoms with E-state index < -0.39 is 5.82 Å². The summed E-state index contributed by atoms with van der Waals surface area (Å²) in [5, 5.41) is 8.82. The lowest BCUT2D eigenvalue weighted by Crippen LogP contribution is -2.05. The molecule has 0 spiro atoms. The summed E-state index contributed by atoms with van der Waals surface area (Å²) in [6, 6.07) is 4.40. The molecule has 78 valence electrons. The first-order valence-corrected chi connectivity index (χ1v) is 4.65. The van der Waals surface area contributed by atoms with Gasteiger partial charge in [-0.2, -0.15) is 0 Å². The summed E-state index contributed by atoms with van der Waals surface area (Å²) in [4.78, 5) is 0. The van der Waals surface area contributed by atoms with Crippen LogP contribution >= 0.6 is 0 Å². The Labute approximate surface area is 83.3 Å². The van der Waals surface area contributed by atoms with Crippen LogP contribution in [0.5, 0.6) is 5.75 Å².